The first kappa shape index (κ1) is 28.1. The number of benzene rings is 1. The summed E-state index contributed by atoms with van der Waals surface area (Å²) in [6.07, 6.45) is 15.9. The molecule has 0 aliphatic rings. The van der Waals surface area contributed by atoms with Gasteiger partial charge < -0.3 is 26.2 Å². The second kappa shape index (κ2) is 17.9. The van der Waals surface area contributed by atoms with E-state index in [0.717, 1.165) is 13.0 Å². The fourth-order valence-corrected chi connectivity index (χ4v) is 3.66. The number of quaternary nitrogens is 1. The minimum absolute atomic E-state index is 0. The standard InChI is InChI=1S/C25H44NO2.BrH/c1-4-5-6-7-8-9-10-11-12-13-14-18-21-28-25(27)23-26(2,3)22-24-19-16-15-17-20-24;/h15-17,19-20H,4-14,18,21-23H2,1-3H3;1H/q+1;/p-1. The molecule has 0 aliphatic carbocycles. The summed E-state index contributed by atoms with van der Waals surface area (Å²) in [5.41, 5.74) is 1.25. The molecule has 168 valence electrons. The predicted octanol–water partition coefficient (Wildman–Crippen LogP) is 3.51. The van der Waals surface area contributed by atoms with E-state index in [4.69, 9.17) is 4.74 Å². The third-order valence-corrected chi connectivity index (χ3v) is 5.27. The first-order valence-corrected chi connectivity index (χ1v) is 11.5. The molecule has 0 saturated heterocycles. The molecule has 0 unspecified atom stereocenters. The second-order valence-corrected chi connectivity index (χ2v) is 8.85. The normalized spacial score (nSPS) is 11.1. The van der Waals surface area contributed by atoms with Crippen LogP contribution in [0.1, 0.15) is 89.5 Å². The van der Waals surface area contributed by atoms with Crippen LogP contribution in [-0.2, 0) is 16.1 Å². The maximum Gasteiger partial charge on any atom is 0.361 e. The summed E-state index contributed by atoms with van der Waals surface area (Å²) in [5.74, 6) is -0.0796. The Morgan fingerprint density at radius 1 is 0.793 bits per heavy atom. The van der Waals surface area contributed by atoms with Crippen LogP contribution in [0.4, 0.5) is 0 Å². The molecule has 0 N–H and O–H groups in total. The lowest BCUT2D eigenvalue weighted by Gasteiger charge is -2.28. The third kappa shape index (κ3) is 16.6. The minimum Gasteiger partial charge on any atom is -1.00 e. The minimum atomic E-state index is -0.0796. The van der Waals surface area contributed by atoms with Crippen molar-refractivity contribution in [1.29, 1.82) is 0 Å². The van der Waals surface area contributed by atoms with E-state index in [1.54, 1.807) is 0 Å². The smallest absolute Gasteiger partial charge is 0.361 e. The molecule has 1 aromatic rings. The number of nitrogens with zero attached hydrogens (tertiary/aromatic N) is 1. The molecule has 0 amide bonds. The summed E-state index contributed by atoms with van der Waals surface area (Å²) in [6.45, 7) is 4.11. The molecular weight excluding hydrogens is 426 g/mol. The van der Waals surface area contributed by atoms with Crippen LogP contribution in [-0.4, -0.2) is 37.7 Å². The van der Waals surface area contributed by atoms with Gasteiger partial charge >= 0.3 is 5.97 Å². The SMILES string of the molecule is CCCCCCCCCCCCCCOC(=O)C[N+](C)(C)Cc1ccccc1.[Br-]. The first-order chi connectivity index (χ1) is 13.5. The van der Waals surface area contributed by atoms with Gasteiger partial charge in [0.25, 0.3) is 0 Å². The molecule has 1 rings (SSSR count). The molecule has 4 heteroatoms. The van der Waals surface area contributed by atoms with Crippen LogP contribution in [0.15, 0.2) is 30.3 Å². The molecule has 0 aromatic heterocycles. The van der Waals surface area contributed by atoms with E-state index < -0.39 is 0 Å². The summed E-state index contributed by atoms with van der Waals surface area (Å²) in [4.78, 5) is 12.1. The van der Waals surface area contributed by atoms with E-state index in [2.05, 4.69) is 33.2 Å². The zero-order valence-corrected chi connectivity index (χ0v) is 20.7. The van der Waals surface area contributed by atoms with Crippen LogP contribution in [0.5, 0.6) is 0 Å². The summed E-state index contributed by atoms with van der Waals surface area (Å²) >= 11 is 0. The van der Waals surface area contributed by atoms with Crippen molar-refractivity contribution in [2.24, 2.45) is 0 Å². The zero-order valence-electron chi connectivity index (χ0n) is 19.1. The van der Waals surface area contributed by atoms with Gasteiger partial charge in [-0.15, -0.1) is 0 Å². The van der Waals surface area contributed by atoms with Crippen molar-refractivity contribution < 1.29 is 31.0 Å². The molecular formula is C25H44BrNO2. The Labute approximate surface area is 190 Å². The van der Waals surface area contributed by atoms with Gasteiger partial charge in [0.15, 0.2) is 6.54 Å². The maximum atomic E-state index is 12.1. The lowest BCUT2D eigenvalue weighted by Crippen LogP contribution is -3.00. The summed E-state index contributed by atoms with van der Waals surface area (Å²) in [7, 11) is 4.16. The molecule has 1 aromatic carbocycles. The molecule has 0 aliphatic heterocycles. The molecule has 0 bridgehead atoms. The van der Waals surface area contributed by atoms with Crippen LogP contribution in [0.3, 0.4) is 0 Å². The highest BCUT2D eigenvalue weighted by Crippen LogP contribution is 2.12. The van der Waals surface area contributed by atoms with Crippen molar-refractivity contribution in [3.05, 3.63) is 35.9 Å². The molecule has 0 spiro atoms. The van der Waals surface area contributed by atoms with Crippen molar-refractivity contribution in [2.45, 2.75) is 90.5 Å². The highest BCUT2D eigenvalue weighted by atomic mass is 79.9. The first-order valence-electron chi connectivity index (χ1n) is 11.5. The fraction of sp³-hybridized carbons (Fsp3) is 0.720. The fourth-order valence-electron chi connectivity index (χ4n) is 3.66. The number of carbonyl (C=O) groups excluding carboxylic acids is 1. The summed E-state index contributed by atoms with van der Waals surface area (Å²) < 4.78 is 6.08. The number of likely N-dealkylation sites (N-methyl/N-ethyl adjacent to an activating group) is 1. The Balaban J connectivity index is 0.00000784. The van der Waals surface area contributed by atoms with Crippen molar-refractivity contribution >= 4 is 5.97 Å². The van der Waals surface area contributed by atoms with E-state index in [9.17, 15) is 4.79 Å². The van der Waals surface area contributed by atoms with Gasteiger partial charge in [-0.05, 0) is 6.42 Å². The third-order valence-electron chi connectivity index (χ3n) is 5.27. The molecule has 0 fully saturated rings. The number of unbranched alkanes of at least 4 members (excludes halogenated alkanes) is 11. The molecule has 0 heterocycles. The predicted molar refractivity (Wildman–Crippen MR) is 119 cm³/mol. The van der Waals surface area contributed by atoms with E-state index in [1.165, 1.54) is 76.2 Å². The Morgan fingerprint density at radius 2 is 1.28 bits per heavy atom. The highest BCUT2D eigenvalue weighted by Gasteiger charge is 2.21. The van der Waals surface area contributed by atoms with Crippen LogP contribution < -0.4 is 17.0 Å². The summed E-state index contributed by atoms with van der Waals surface area (Å²) in [6, 6.07) is 10.3. The highest BCUT2D eigenvalue weighted by molar-refractivity contribution is 5.70. The van der Waals surface area contributed by atoms with Gasteiger partial charge in [-0.25, -0.2) is 4.79 Å². The van der Waals surface area contributed by atoms with E-state index in [0.29, 0.717) is 17.6 Å². The van der Waals surface area contributed by atoms with Crippen LogP contribution >= 0.6 is 0 Å². The van der Waals surface area contributed by atoms with E-state index in [1.807, 2.05) is 18.2 Å². The number of hydrogen-bond donors (Lipinski definition) is 0. The second-order valence-electron chi connectivity index (χ2n) is 8.85. The lowest BCUT2D eigenvalue weighted by atomic mass is 10.1. The summed E-state index contributed by atoms with van der Waals surface area (Å²) in [5, 5.41) is 0. The molecule has 3 nitrogen and oxygen atoms in total. The molecule has 0 saturated carbocycles. The number of carbonyl (C=O) groups is 1. The van der Waals surface area contributed by atoms with Gasteiger partial charge in [0.2, 0.25) is 0 Å². The van der Waals surface area contributed by atoms with Gasteiger partial charge in [0.1, 0.15) is 6.54 Å². The van der Waals surface area contributed by atoms with Crippen LogP contribution in [0.2, 0.25) is 0 Å². The Kier molecular flexibility index (Phi) is 17.4. The van der Waals surface area contributed by atoms with Gasteiger partial charge in [-0.2, -0.15) is 0 Å². The van der Waals surface area contributed by atoms with Gasteiger partial charge in [-0.3, -0.25) is 0 Å². The quantitative estimate of drug-likeness (QED) is 0.198. The molecule has 29 heavy (non-hydrogen) atoms. The van der Waals surface area contributed by atoms with E-state index >= 15 is 0 Å². The Hall–Kier alpha value is -0.870. The number of rotatable bonds is 17. The largest absolute Gasteiger partial charge is 1.00 e. The number of esters is 1. The number of hydrogen-bond acceptors (Lipinski definition) is 2. The lowest BCUT2D eigenvalue weighted by molar-refractivity contribution is -0.896. The zero-order chi connectivity index (χ0) is 20.5. The van der Waals surface area contributed by atoms with Crippen molar-refractivity contribution in [2.75, 3.05) is 27.2 Å². The average molecular weight is 471 g/mol. The Morgan fingerprint density at radius 3 is 1.79 bits per heavy atom. The van der Waals surface area contributed by atoms with E-state index in [-0.39, 0.29) is 23.0 Å². The van der Waals surface area contributed by atoms with Crippen LogP contribution in [0.25, 0.3) is 0 Å². The average Bonchev–Trinajstić information content (AvgIpc) is 2.65. The topological polar surface area (TPSA) is 26.3 Å². The van der Waals surface area contributed by atoms with Gasteiger partial charge in [0.05, 0.1) is 20.7 Å². The number of ether oxygens (including phenoxy) is 1. The molecule has 0 radical (unpaired) electrons. The van der Waals surface area contributed by atoms with Crippen LogP contribution in [0, 0.1) is 0 Å². The van der Waals surface area contributed by atoms with Crippen molar-refractivity contribution in [3.8, 4) is 0 Å². The van der Waals surface area contributed by atoms with Crippen molar-refractivity contribution in [3.63, 3.8) is 0 Å². The molecule has 0 atom stereocenters. The van der Waals surface area contributed by atoms with Gasteiger partial charge in [0, 0.05) is 5.56 Å². The Bertz CT molecular complexity index is 505. The van der Waals surface area contributed by atoms with Crippen molar-refractivity contribution in [1.82, 2.24) is 0 Å². The van der Waals surface area contributed by atoms with Gasteiger partial charge in [-0.1, -0.05) is 108 Å². The monoisotopic (exact) mass is 469 g/mol. The maximum absolute atomic E-state index is 12.1. The number of halogens is 1.